The van der Waals surface area contributed by atoms with Crippen LogP contribution in [0.25, 0.3) is 0 Å². The lowest BCUT2D eigenvalue weighted by Gasteiger charge is -2.30. The van der Waals surface area contributed by atoms with E-state index in [1.165, 1.54) is 4.90 Å². The SMILES string of the molecule is CCC(C)C(NC(=O)C(NC(=O)C1CCCN1C(=O)C(N)CCCCN)C(C)C)C(=O)O. The smallest absolute Gasteiger partial charge is 0.326 e. The van der Waals surface area contributed by atoms with Gasteiger partial charge in [0.2, 0.25) is 17.7 Å². The fraction of sp³-hybridized carbons (Fsp3) is 0.818. The van der Waals surface area contributed by atoms with Crippen LogP contribution in [0.1, 0.15) is 66.2 Å². The fourth-order valence-corrected chi connectivity index (χ4v) is 3.86. The molecule has 0 bridgehead atoms. The van der Waals surface area contributed by atoms with Gasteiger partial charge in [0.1, 0.15) is 18.1 Å². The Morgan fingerprint density at radius 2 is 1.75 bits per heavy atom. The number of aliphatic carboxylic acids is 1. The van der Waals surface area contributed by atoms with Crippen molar-refractivity contribution in [3.05, 3.63) is 0 Å². The lowest BCUT2D eigenvalue weighted by atomic mass is 9.97. The minimum absolute atomic E-state index is 0.260. The number of unbranched alkanes of at least 4 members (excludes halogenated alkanes) is 1. The zero-order valence-electron chi connectivity index (χ0n) is 19.8. The average Bonchev–Trinajstić information content (AvgIpc) is 3.23. The van der Waals surface area contributed by atoms with Gasteiger partial charge in [-0.15, -0.1) is 0 Å². The molecular formula is C22H41N5O5. The van der Waals surface area contributed by atoms with Crippen molar-refractivity contribution >= 4 is 23.7 Å². The second-order valence-electron chi connectivity index (χ2n) is 9.02. The zero-order chi connectivity index (χ0) is 24.4. The van der Waals surface area contributed by atoms with Crippen molar-refractivity contribution in [2.75, 3.05) is 13.1 Å². The quantitative estimate of drug-likeness (QED) is 0.247. The summed E-state index contributed by atoms with van der Waals surface area (Å²) in [7, 11) is 0. The van der Waals surface area contributed by atoms with Crippen LogP contribution in [0.5, 0.6) is 0 Å². The topological polar surface area (TPSA) is 168 Å². The second kappa shape index (κ2) is 13.4. The van der Waals surface area contributed by atoms with Crippen LogP contribution in [-0.2, 0) is 19.2 Å². The van der Waals surface area contributed by atoms with Gasteiger partial charge in [0.15, 0.2) is 0 Å². The molecule has 3 amide bonds. The first-order valence-electron chi connectivity index (χ1n) is 11.6. The van der Waals surface area contributed by atoms with Crippen molar-refractivity contribution in [2.24, 2.45) is 23.3 Å². The van der Waals surface area contributed by atoms with Crippen LogP contribution in [0, 0.1) is 11.8 Å². The van der Waals surface area contributed by atoms with E-state index in [4.69, 9.17) is 11.5 Å². The molecule has 5 unspecified atom stereocenters. The summed E-state index contributed by atoms with van der Waals surface area (Å²) in [4.78, 5) is 51.7. The third kappa shape index (κ3) is 7.74. The Kier molecular flexibility index (Phi) is 11.6. The molecule has 7 N–H and O–H groups in total. The molecule has 10 heteroatoms. The van der Waals surface area contributed by atoms with E-state index in [9.17, 15) is 24.3 Å². The van der Waals surface area contributed by atoms with Crippen molar-refractivity contribution in [1.82, 2.24) is 15.5 Å². The van der Waals surface area contributed by atoms with E-state index in [1.807, 2.05) is 6.92 Å². The Balaban J connectivity index is 2.85. The van der Waals surface area contributed by atoms with Gasteiger partial charge in [-0.3, -0.25) is 14.4 Å². The summed E-state index contributed by atoms with van der Waals surface area (Å²) in [5.41, 5.74) is 11.5. The standard InChI is InChI=1S/C22H41N5O5/c1-5-14(4)18(22(31)32)26-20(29)17(13(2)3)25-19(28)16-10-8-12-27(16)21(30)15(24)9-6-7-11-23/h13-18H,5-12,23-24H2,1-4H3,(H,25,28)(H,26,29)(H,31,32). The summed E-state index contributed by atoms with van der Waals surface area (Å²) in [5, 5.41) is 14.8. The van der Waals surface area contributed by atoms with E-state index in [0.717, 1.165) is 12.8 Å². The summed E-state index contributed by atoms with van der Waals surface area (Å²) in [5.74, 6) is -2.88. The van der Waals surface area contributed by atoms with E-state index in [1.54, 1.807) is 20.8 Å². The van der Waals surface area contributed by atoms with Crippen molar-refractivity contribution in [3.63, 3.8) is 0 Å². The van der Waals surface area contributed by atoms with E-state index in [-0.39, 0.29) is 17.7 Å². The van der Waals surface area contributed by atoms with Crippen LogP contribution in [0.2, 0.25) is 0 Å². The lowest BCUT2D eigenvalue weighted by Crippen LogP contribution is -2.58. The third-order valence-corrected chi connectivity index (χ3v) is 6.15. The van der Waals surface area contributed by atoms with Gasteiger partial charge in [-0.1, -0.05) is 40.5 Å². The average molecular weight is 456 g/mol. The van der Waals surface area contributed by atoms with E-state index >= 15 is 0 Å². The predicted octanol–water partition coefficient (Wildman–Crippen LogP) is 0.190. The Morgan fingerprint density at radius 1 is 1.09 bits per heavy atom. The largest absolute Gasteiger partial charge is 0.480 e. The third-order valence-electron chi connectivity index (χ3n) is 6.15. The van der Waals surface area contributed by atoms with Gasteiger partial charge in [-0.05, 0) is 44.1 Å². The number of hydrogen-bond acceptors (Lipinski definition) is 6. The van der Waals surface area contributed by atoms with Crippen molar-refractivity contribution in [3.8, 4) is 0 Å². The van der Waals surface area contributed by atoms with Gasteiger partial charge in [-0.2, -0.15) is 0 Å². The number of nitrogens with zero attached hydrogens (tertiary/aromatic N) is 1. The molecule has 0 spiro atoms. The van der Waals surface area contributed by atoms with Crippen LogP contribution in [0.15, 0.2) is 0 Å². The summed E-state index contributed by atoms with van der Waals surface area (Å²) in [6, 6.07) is -3.33. The van der Waals surface area contributed by atoms with Crippen LogP contribution in [0.3, 0.4) is 0 Å². The number of carbonyl (C=O) groups is 4. The number of carboxylic acids is 1. The van der Waals surface area contributed by atoms with Crippen LogP contribution in [0.4, 0.5) is 0 Å². The highest BCUT2D eigenvalue weighted by Crippen LogP contribution is 2.20. The Labute approximate surface area is 190 Å². The monoisotopic (exact) mass is 455 g/mol. The molecule has 1 rings (SSSR count). The zero-order valence-corrected chi connectivity index (χ0v) is 19.8. The van der Waals surface area contributed by atoms with Gasteiger partial charge >= 0.3 is 5.97 Å². The Bertz CT molecular complexity index is 657. The van der Waals surface area contributed by atoms with Crippen LogP contribution in [-0.4, -0.2) is 71.0 Å². The minimum Gasteiger partial charge on any atom is -0.480 e. The minimum atomic E-state index is -1.11. The number of likely N-dealkylation sites (tertiary alicyclic amines) is 1. The van der Waals surface area contributed by atoms with Gasteiger partial charge in [0.05, 0.1) is 6.04 Å². The summed E-state index contributed by atoms with van der Waals surface area (Å²) in [6.07, 6.45) is 3.77. The molecule has 1 heterocycles. The predicted molar refractivity (Wildman–Crippen MR) is 121 cm³/mol. The molecule has 1 aliphatic rings. The molecule has 0 aromatic carbocycles. The number of carbonyl (C=O) groups excluding carboxylic acids is 3. The number of nitrogens with one attached hydrogen (secondary N) is 2. The maximum absolute atomic E-state index is 13.0. The number of carboxylic acid groups (broad SMARTS) is 1. The Morgan fingerprint density at radius 3 is 2.28 bits per heavy atom. The van der Waals surface area contributed by atoms with E-state index in [0.29, 0.717) is 38.8 Å². The highest BCUT2D eigenvalue weighted by atomic mass is 16.4. The molecule has 1 fully saturated rings. The van der Waals surface area contributed by atoms with Gasteiger partial charge in [-0.25, -0.2) is 4.79 Å². The van der Waals surface area contributed by atoms with Crippen molar-refractivity contribution in [2.45, 2.75) is 90.4 Å². The van der Waals surface area contributed by atoms with Crippen LogP contribution >= 0.6 is 0 Å². The molecule has 0 aromatic heterocycles. The molecule has 184 valence electrons. The normalized spacial score (nSPS) is 19.8. The van der Waals surface area contributed by atoms with E-state index in [2.05, 4.69) is 10.6 Å². The maximum Gasteiger partial charge on any atom is 0.326 e. The Hall–Kier alpha value is -2.20. The van der Waals surface area contributed by atoms with Gasteiger partial charge < -0.3 is 32.1 Å². The fourth-order valence-electron chi connectivity index (χ4n) is 3.86. The first-order chi connectivity index (χ1) is 15.0. The van der Waals surface area contributed by atoms with Gasteiger partial charge in [0.25, 0.3) is 0 Å². The van der Waals surface area contributed by atoms with Crippen molar-refractivity contribution in [1.29, 1.82) is 0 Å². The molecule has 1 aliphatic heterocycles. The number of amides is 3. The number of nitrogens with two attached hydrogens (primary N) is 2. The molecule has 0 aromatic rings. The number of rotatable bonds is 13. The molecular weight excluding hydrogens is 414 g/mol. The first kappa shape index (κ1) is 27.8. The molecule has 10 nitrogen and oxygen atoms in total. The highest BCUT2D eigenvalue weighted by Gasteiger charge is 2.38. The van der Waals surface area contributed by atoms with Gasteiger partial charge in [0, 0.05) is 6.54 Å². The molecule has 0 aliphatic carbocycles. The summed E-state index contributed by atoms with van der Waals surface area (Å²) >= 11 is 0. The first-order valence-corrected chi connectivity index (χ1v) is 11.6. The van der Waals surface area contributed by atoms with Crippen LogP contribution < -0.4 is 22.1 Å². The van der Waals surface area contributed by atoms with Crippen molar-refractivity contribution < 1.29 is 24.3 Å². The summed E-state index contributed by atoms with van der Waals surface area (Å²) < 4.78 is 0. The molecule has 32 heavy (non-hydrogen) atoms. The number of hydrogen-bond donors (Lipinski definition) is 5. The second-order valence-corrected chi connectivity index (χ2v) is 9.02. The van der Waals surface area contributed by atoms with E-state index < -0.39 is 42.0 Å². The molecule has 0 radical (unpaired) electrons. The molecule has 1 saturated heterocycles. The maximum atomic E-state index is 13.0. The summed E-state index contributed by atoms with van der Waals surface area (Å²) in [6.45, 7) is 8.12. The lowest BCUT2D eigenvalue weighted by molar-refractivity contribution is -0.144. The highest BCUT2D eigenvalue weighted by molar-refractivity contribution is 5.94. The molecule has 0 saturated carbocycles. The molecule has 5 atom stereocenters.